The van der Waals surface area contributed by atoms with E-state index in [0.717, 1.165) is 0 Å². The molecule has 1 aromatic carbocycles. The van der Waals surface area contributed by atoms with Gasteiger partial charge in [0.05, 0.1) is 6.54 Å². The summed E-state index contributed by atoms with van der Waals surface area (Å²) in [5.41, 5.74) is -0.106. The number of rotatable bonds is 5. The van der Waals surface area contributed by atoms with Gasteiger partial charge >= 0.3 is 12.1 Å². The van der Waals surface area contributed by atoms with Gasteiger partial charge in [0, 0.05) is 18.4 Å². The summed E-state index contributed by atoms with van der Waals surface area (Å²) in [5, 5.41) is 9.40. The first-order chi connectivity index (χ1) is 12.1. The Morgan fingerprint density at radius 1 is 1.19 bits per heavy atom. The molecule has 1 amide bonds. The Morgan fingerprint density at radius 2 is 1.81 bits per heavy atom. The summed E-state index contributed by atoms with van der Waals surface area (Å²) in [5.74, 6) is -0.525. The van der Waals surface area contributed by atoms with Gasteiger partial charge in [-0.15, -0.1) is 0 Å². The third-order valence-electron chi connectivity index (χ3n) is 3.98. The predicted molar refractivity (Wildman–Crippen MR) is 94.5 cm³/mol. The SMILES string of the molecule is CCC(=O)c1ccc(OC2CC(C(=O)O)N(C(=O)OC(C)(C)C)C2)cc1. The maximum atomic E-state index is 12.3. The number of likely N-dealkylation sites (tertiary alicyclic amines) is 1. The van der Waals surface area contributed by atoms with E-state index < -0.39 is 29.8 Å². The summed E-state index contributed by atoms with van der Waals surface area (Å²) in [7, 11) is 0. The Balaban J connectivity index is 2.06. The number of amides is 1. The molecule has 1 fully saturated rings. The van der Waals surface area contributed by atoms with Gasteiger partial charge < -0.3 is 14.6 Å². The zero-order valence-electron chi connectivity index (χ0n) is 15.5. The van der Waals surface area contributed by atoms with Crippen LogP contribution in [0.4, 0.5) is 4.79 Å². The highest BCUT2D eigenvalue weighted by atomic mass is 16.6. The van der Waals surface area contributed by atoms with Gasteiger partial charge in [0.25, 0.3) is 0 Å². The maximum Gasteiger partial charge on any atom is 0.411 e. The number of ketones is 1. The fraction of sp³-hybridized carbons (Fsp3) is 0.526. The number of Topliss-reactive ketones (excluding diaryl/α,β-unsaturated/α-hetero) is 1. The first-order valence-electron chi connectivity index (χ1n) is 8.63. The number of carboxylic acid groups (broad SMARTS) is 1. The summed E-state index contributed by atoms with van der Waals surface area (Å²) in [6.07, 6.45) is -0.533. The first kappa shape index (κ1) is 19.8. The molecular formula is C19H25NO6. The summed E-state index contributed by atoms with van der Waals surface area (Å²) < 4.78 is 11.1. The van der Waals surface area contributed by atoms with Crippen molar-refractivity contribution in [3.8, 4) is 5.75 Å². The molecule has 0 bridgehead atoms. The first-order valence-corrected chi connectivity index (χ1v) is 8.63. The van der Waals surface area contributed by atoms with Crippen LogP contribution in [-0.2, 0) is 9.53 Å². The van der Waals surface area contributed by atoms with Crippen LogP contribution in [0.3, 0.4) is 0 Å². The van der Waals surface area contributed by atoms with Crippen LogP contribution < -0.4 is 4.74 Å². The third kappa shape index (κ3) is 4.97. The van der Waals surface area contributed by atoms with E-state index >= 15 is 0 Å². The number of ether oxygens (including phenoxy) is 2. The number of benzene rings is 1. The molecule has 26 heavy (non-hydrogen) atoms. The minimum atomic E-state index is -1.09. The molecule has 2 unspecified atom stereocenters. The molecule has 2 rings (SSSR count). The van der Waals surface area contributed by atoms with E-state index in [-0.39, 0.29) is 18.7 Å². The van der Waals surface area contributed by atoms with Crippen molar-refractivity contribution in [3.05, 3.63) is 29.8 Å². The topological polar surface area (TPSA) is 93.1 Å². The van der Waals surface area contributed by atoms with Crippen LogP contribution >= 0.6 is 0 Å². The average Bonchev–Trinajstić information content (AvgIpc) is 2.97. The molecule has 0 aliphatic carbocycles. The lowest BCUT2D eigenvalue weighted by Crippen LogP contribution is -2.43. The molecule has 142 valence electrons. The van der Waals surface area contributed by atoms with Crippen molar-refractivity contribution >= 4 is 17.8 Å². The number of hydrogen-bond acceptors (Lipinski definition) is 5. The fourth-order valence-electron chi connectivity index (χ4n) is 2.76. The summed E-state index contributed by atoms with van der Waals surface area (Å²) in [4.78, 5) is 36.6. The Labute approximate surface area is 152 Å². The fourth-order valence-corrected chi connectivity index (χ4v) is 2.76. The molecule has 0 spiro atoms. The molecule has 7 heteroatoms. The van der Waals surface area contributed by atoms with Crippen molar-refractivity contribution in [1.82, 2.24) is 4.90 Å². The number of aliphatic carboxylic acids is 1. The zero-order chi connectivity index (χ0) is 19.5. The van der Waals surface area contributed by atoms with Crippen LogP contribution in [0.1, 0.15) is 50.9 Å². The average molecular weight is 363 g/mol. The molecule has 1 aliphatic heterocycles. The van der Waals surface area contributed by atoms with Gasteiger partial charge in [0.2, 0.25) is 0 Å². The van der Waals surface area contributed by atoms with Crippen LogP contribution in [-0.4, -0.2) is 52.1 Å². The van der Waals surface area contributed by atoms with Gasteiger partial charge in [0.15, 0.2) is 5.78 Å². The van der Waals surface area contributed by atoms with Gasteiger partial charge in [-0.05, 0) is 45.0 Å². The highest BCUT2D eigenvalue weighted by Crippen LogP contribution is 2.25. The molecule has 0 saturated carbocycles. The monoisotopic (exact) mass is 363 g/mol. The number of nitrogens with zero attached hydrogens (tertiary/aromatic N) is 1. The second-order valence-electron chi connectivity index (χ2n) is 7.26. The van der Waals surface area contributed by atoms with Crippen molar-refractivity contribution in [1.29, 1.82) is 0 Å². The smallest absolute Gasteiger partial charge is 0.411 e. The molecule has 1 N–H and O–H groups in total. The van der Waals surface area contributed by atoms with Gasteiger partial charge in [0.1, 0.15) is 23.5 Å². The van der Waals surface area contributed by atoms with Gasteiger partial charge in [-0.25, -0.2) is 9.59 Å². The molecule has 1 heterocycles. The zero-order valence-corrected chi connectivity index (χ0v) is 15.5. The minimum Gasteiger partial charge on any atom is -0.488 e. The highest BCUT2D eigenvalue weighted by molar-refractivity contribution is 5.95. The van der Waals surface area contributed by atoms with E-state index in [2.05, 4.69) is 0 Å². The van der Waals surface area contributed by atoms with E-state index in [9.17, 15) is 19.5 Å². The Morgan fingerprint density at radius 3 is 2.31 bits per heavy atom. The van der Waals surface area contributed by atoms with E-state index in [4.69, 9.17) is 9.47 Å². The van der Waals surface area contributed by atoms with Crippen LogP contribution in [0.25, 0.3) is 0 Å². The number of carbonyl (C=O) groups excluding carboxylic acids is 2. The molecule has 2 atom stereocenters. The van der Waals surface area contributed by atoms with Crippen molar-refractivity contribution in [2.75, 3.05) is 6.54 Å². The quantitative estimate of drug-likeness (QED) is 0.808. The summed E-state index contributed by atoms with van der Waals surface area (Å²) in [6.45, 7) is 7.10. The minimum absolute atomic E-state index is 0.0412. The predicted octanol–water partition coefficient (Wildman–Crippen LogP) is 3.12. The van der Waals surface area contributed by atoms with E-state index in [1.807, 2.05) is 0 Å². The lowest BCUT2D eigenvalue weighted by atomic mass is 10.1. The molecule has 0 radical (unpaired) electrons. The van der Waals surface area contributed by atoms with Crippen molar-refractivity contribution in [2.24, 2.45) is 0 Å². The highest BCUT2D eigenvalue weighted by Gasteiger charge is 2.42. The Kier molecular flexibility index (Phi) is 5.90. The van der Waals surface area contributed by atoms with Gasteiger partial charge in [-0.1, -0.05) is 6.92 Å². The molecule has 0 aromatic heterocycles. The van der Waals surface area contributed by atoms with Gasteiger partial charge in [-0.3, -0.25) is 9.69 Å². The number of carbonyl (C=O) groups is 3. The molecule has 1 saturated heterocycles. The van der Waals surface area contributed by atoms with Crippen LogP contribution in [0.5, 0.6) is 5.75 Å². The summed E-state index contributed by atoms with van der Waals surface area (Å²) >= 11 is 0. The normalized spacial score (nSPS) is 19.9. The molecule has 1 aromatic rings. The van der Waals surface area contributed by atoms with E-state index in [1.165, 1.54) is 4.90 Å². The second kappa shape index (κ2) is 7.76. The lowest BCUT2D eigenvalue weighted by molar-refractivity contribution is -0.142. The number of carboxylic acids is 1. The molecular weight excluding hydrogens is 338 g/mol. The van der Waals surface area contributed by atoms with Gasteiger partial charge in [-0.2, -0.15) is 0 Å². The van der Waals surface area contributed by atoms with Crippen molar-refractivity contribution in [3.63, 3.8) is 0 Å². The molecule has 1 aliphatic rings. The number of hydrogen-bond donors (Lipinski definition) is 1. The van der Waals surface area contributed by atoms with Crippen molar-refractivity contribution < 1.29 is 29.0 Å². The standard InChI is InChI=1S/C19H25NO6/c1-5-16(21)12-6-8-13(9-7-12)25-14-10-15(17(22)23)20(11-14)18(24)26-19(2,3)4/h6-9,14-15H,5,10-11H2,1-4H3,(H,22,23). The Hall–Kier alpha value is -2.57. The largest absolute Gasteiger partial charge is 0.488 e. The van der Waals surface area contributed by atoms with E-state index in [1.54, 1.807) is 52.0 Å². The van der Waals surface area contributed by atoms with Crippen LogP contribution in [0, 0.1) is 0 Å². The maximum absolute atomic E-state index is 12.3. The van der Waals surface area contributed by atoms with Crippen LogP contribution in [0.15, 0.2) is 24.3 Å². The van der Waals surface area contributed by atoms with E-state index in [0.29, 0.717) is 17.7 Å². The lowest BCUT2D eigenvalue weighted by Gasteiger charge is -2.26. The van der Waals surface area contributed by atoms with Crippen molar-refractivity contribution in [2.45, 2.75) is 58.3 Å². The Bertz CT molecular complexity index is 676. The molecule has 7 nitrogen and oxygen atoms in total. The third-order valence-corrected chi connectivity index (χ3v) is 3.98. The second-order valence-corrected chi connectivity index (χ2v) is 7.26. The summed E-state index contributed by atoms with van der Waals surface area (Å²) in [6, 6.07) is 5.71. The van der Waals surface area contributed by atoms with Crippen LogP contribution in [0.2, 0.25) is 0 Å².